The average molecular weight is 495 g/mol. The summed E-state index contributed by atoms with van der Waals surface area (Å²) in [6, 6.07) is 31.5. The molecule has 156 valence electrons. The van der Waals surface area contributed by atoms with Crippen molar-refractivity contribution in [2.24, 2.45) is 0 Å². The van der Waals surface area contributed by atoms with Crippen molar-refractivity contribution >= 4 is 33.2 Å². The van der Waals surface area contributed by atoms with Gasteiger partial charge in [0.15, 0.2) is 0 Å². The van der Waals surface area contributed by atoms with Crippen LogP contribution >= 0.6 is 27.5 Å². The predicted octanol–water partition coefficient (Wildman–Crippen LogP) is 8.09. The third kappa shape index (κ3) is 6.27. The summed E-state index contributed by atoms with van der Waals surface area (Å²) < 4.78 is 12.7. The van der Waals surface area contributed by atoms with Gasteiger partial charge in [-0.3, -0.25) is 0 Å². The molecular weight excluding hydrogens is 474 g/mol. The molecule has 0 saturated heterocycles. The molecule has 0 aliphatic heterocycles. The summed E-state index contributed by atoms with van der Waals surface area (Å²) in [7, 11) is 0. The lowest BCUT2D eigenvalue weighted by Crippen LogP contribution is -2.00. The fraction of sp³-hybridized carbons (Fsp3) is 0.0769. The molecule has 0 aliphatic rings. The Bertz CT molecular complexity index is 1120. The van der Waals surface area contributed by atoms with Gasteiger partial charge in [-0.05, 0) is 71.8 Å². The number of hydrogen-bond donors (Lipinski definition) is 1. The molecule has 0 fully saturated rings. The molecule has 4 rings (SSSR count). The molecule has 0 heterocycles. The first-order valence-corrected chi connectivity index (χ1v) is 11.1. The number of rotatable bonds is 8. The van der Waals surface area contributed by atoms with Gasteiger partial charge in [0.2, 0.25) is 0 Å². The fourth-order valence-corrected chi connectivity index (χ4v) is 3.50. The Balaban J connectivity index is 1.30. The second-order valence-corrected chi connectivity index (χ2v) is 8.30. The highest BCUT2D eigenvalue weighted by Gasteiger charge is 2.05. The number of ether oxygens (including phenoxy) is 2. The third-order valence-electron chi connectivity index (χ3n) is 4.63. The fourth-order valence-electron chi connectivity index (χ4n) is 2.98. The van der Waals surface area contributed by atoms with E-state index in [-0.39, 0.29) is 0 Å². The lowest BCUT2D eigenvalue weighted by molar-refractivity contribution is 0.306. The summed E-state index contributed by atoms with van der Waals surface area (Å²) >= 11 is 9.86. The Labute approximate surface area is 195 Å². The number of anilines is 1. The summed E-state index contributed by atoms with van der Waals surface area (Å²) in [5.41, 5.74) is 3.17. The molecule has 0 saturated carbocycles. The van der Waals surface area contributed by atoms with Crippen LogP contribution in [0.25, 0.3) is 0 Å². The normalized spacial score (nSPS) is 10.5. The van der Waals surface area contributed by atoms with E-state index in [2.05, 4.69) is 21.2 Å². The molecule has 0 bridgehead atoms. The summed E-state index contributed by atoms with van der Waals surface area (Å²) in [5.74, 6) is 2.29. The van der Waals surface area contributed by atoms with Crippen LogP contribution in [0.4, 0.5) is 5.69 Å². The Morgan fingerprint density at radius 1 is 0.742 bits per heavy atom. The van der Waals surface area contributed by atoms with E-state index in [1.165, 1.54) is 0 Å². The van der Waals surface area contributed by atoms with Crippen molar-refractivity contribution in [1.29, 1.82) is 0 Å². The molecule has 4 aromatic rings. The zero-order valence-corrected chi connectivity index (χ0v) is 19.1. The van der Waals surface area contributed by atoms with Crippen LogP contribution in [-0.4, -0.2) is 0 Å². The Morgan fingerprint density at radius 3 is 2.13 bits per heavy atom. The standard InChI is InChI=1S/C26H21BrClNO2/c27-21-9-6-19(7-10-21)18-30-26-15-8-20(16-25(26)28)17-29-22-11-13-24(14-12-22)31-23-4-2-1-3-5-23/h1-16,29H,17-18H2. The predicted molar refractivity (Wildman–Crippen MR) is 130 cm³/mol. The SMILES string of the molecule is Clc1cc(CNc2ccc(Oc3ccccc3)cc2)ccc1OCc1ccc(Br)cc1. The Hall–Kier alpha value is -2.95. The second-order valence-electron chi connectivity index (χ2n) is 6.97. The molecule has 0 atom stereocenters. The smallest absolute Gasteiger partial charge is 0.138 e. The molecule has 3 nitrogen and oxygen atoms in total. The highest BCUT2D eigenvalue weighted by Crippen LogP contribution is 2.27. The van der Waals surface area contributed by atoms with Gasteiger partial charge in [-0.2, -0.15) is 0 Å². The zero-order valence-electron chi connectivity index (χ0n) is 16.7. The van der Waals surface area contributed by atoms with Crippen molar-refractivity contribution < 1.29 is 9.47 Å². The van der Waals surface area contributed by atoms with Gasteiger partial charge in [-0.15, -0.1) is 0 Å². The molecule has 1 N–H and O–H groups in total. The van der Waals surface area contributed by atoms with Gasteiger partial charge < -0.3 is 14.8 Å². The van der Waals surface area contributed by atoms with Crippen LogP contribution in [0.5, 0.6) is 17.2 Å². The van der Waals surface area contributed by atoms with Gasteiger partial charge in [-0.25, -0.2) is 0 Å². The van der Waals surface area contributed by atoms with E-state index in [0.29, 0.717) is 23.9 Å². The van der Waals surface area contributed by atoms with Crippen LogP contribution in [0.2, 0.25) is 5.02 Å². The maximum atomic E-state index is 6.42. The molecule has 31 heavy (non-hydrogen) atoms. The lowest BCUT2D eigenvalue weighted by Gasteiger charge is -2.11. The summed E-state index contributed by atoms with van der Waals surface area (Å²) in [6.07, 6.45) is 0. The first kappa shape index (κ1) is 21.3. The summed E-state index contributed by atoms with van der Waals surface area (Å²) in [6.45, 7) is 1.13. The number of halogens is 2. The van der Waals surface area contributed by atoms with Crippen LogP contribution in [0.3, 0.4) is 0 Å². The van der Waals surface area contributed by atoms with Crippen LogP contribution in [0.15, 0.2) is 102 Å². The van der Waals surface area contributed by atoms with Crippen LogP contribution in [-0.2, 0) is 13.2 Å². The minimum absolute atomic E-state index is 0.474. The Morgan fingerprint density at radius 2 is 1.42 bits per heavy atom. The topological polar surface area (TPSA) is 30.5 Å². The first-order chi connectivity index (χ1) is 15.2. The molecular formula is C26H21BrClNO2. The number of para-hydroxylation sites is 1. The minimum atomic E-state index is 0.474. The van der Waals surface area contributed by atoms with Gasteiger partial charge in [0.05, 0.1) is 5.02 Å². The molecule has 0 aromatic heterocycles. The molecule has 5 heteroatoms. The van der Waals surface area contributed by atoms with Gasteiger partial charge in [0.1, 0.15) is 23.9 Å². The van der Waals surface area contributed by atoms with Crippen molar-refractivity contribution in [2.75, 3.05) is 5.32 Å². The quantitative estimate of drug-likeness (QED) is 0.268. The van der Waals surface area contributed by atoms with E-state index in [1.807, 2.05) is 97.1 Å². The van der Waals surface area contributed by atoms with E-state index in [9.17, 15) is 0 Å². The van der Waals surface area contributed by atoms with Gasteiger partial charge in [0, 0.05) is 16.7 Å². The van der Waals surface area contributed by atoms with Crippen LogP contribution < -0.4 is 14.8 Å². The van der Waals surface area contributed by atoms with Crippen molar-refractivity contribution in [3.8, 4) is 17.2 Å². The van der Waals surface area contributed by atoms with Gasteiger partial charge >= 0.3 is 0 Å². The van der Waals surface area contributed by atoms with E-state index < -0.39 is 0 Å². The maximum absolute atomic E-state index is 6.42. The number of benzene rings is 4. The van der Waals surface area contributed by atoms with Crippen LogP contribution in [0.1, 0.15) is 11.1 Å². The van der Waals surface area contributed by atoms with Crippen LogP contribution in [0, 0.1) is 0 Å². The molecule has 0 amide bonds. The van der Waals surface area contributed by atoms with Crippen molar-refractivity contribution in [3.63, 3.8) is 0 Å². The lowest BCUT2D eigenvalue weighted by atomic mass is 10.2. The number of nitrogens with one attached hydrogen (secondary N) is 1. The van der Waals surface area contributed by atoms with Gasteiger partial charge in [0.25, 0.3) is 0 Å². The van der Waals surface area contributed by atoms with E-state index >= 15 is 0 Å². The minimum Gasteiger partial charge on any atom is -0.487 e. The molecule has 0 unspecified atom stereocenters. The second kappa shape index (κ2) is 10.4. The molecule has 4 aromatic carbocycles. The van der Waals surface area contributed by atoms with Crippen molar-refractivity contribution in [1.82, 2.24) is 0 Å². The highest BCUT2D eigenvalue weighted by molar-refractivity contribution is 9.10. The molecule has 0 radical (unpaired) electrons. The highest BCUT2D eigenvalue weighted by atomic mass is 79.9. The zero-order chi connectivity index (χ0) is 21.5. The van der Waals surface area contributed by atoms with E-state index in [1.54, 1.807) is 0 Å². The summed E-state index contributed by atoms with van der Waals surface area (Å²) in [5, 5.41) is 4.00. The largest absolute Gasteiger partial charge is 0.487 e. The Kier molecular flexibility index (Phi) is 7.13. The third-order valence-corrected chi connectivity index (χ3v) is 5.46. The average Bonchev–Trinajstić information content (AvgIpc) is 2.80. The van der Waals surface area contributed by atoms with E-state index in [0.717, 1.165) is 32.8 Å². The van der Waals surface area contributed by atoms with E-state index in [4.69, 9.17) is 21.1 Å². The molecule has 0 aliphatic carbocycles. The first-order valence-electron chi connectivity index (χ1n) is 9.88. The van der Waals surface area contributed by atoms with Crippen molar-refractivity contribution in [2.45, 2.75) is 13.2 Å². The molecule has 0 spiro atoms. The van der Waals surface area contributed by atoms with Gasteiger partial charge in [-0.1, -0.05) is 63.9 Å². The maximum Gasteiger partial charge on any atom is 0.138 e. The summed E-state index contributed by atoms with van der Waals surface area (Å²) in [4.78, 5) is 0. The monoisotopic (exact) mass is 493 g/mol. The number of hydrogen-bond acceptors (Lipinski definition) is 3. The van der Waals surface area contributed by atoms with Crippen molar-refractivity contribution in [3.05, 3.63) is 118 Å².